The molecule has 0 spiro atoms. The van der Waals surface area contributed by atoms with E-state index < -0.39 is 18.0 Å². The highest BCUT2D eigenvalue weighted by atomic mass is 16.5. The number of aromatic nitrogens is 1. The minimum Gasteiger partial charge on any atom is -0.493 e. The first-order chi connectivity index (χ1) is 12.8. The Balaban J connectivity index is 1.87. The zero-order valence-electron chi connectivity index (χ0n) is 16.1. The van der Waals surface area contributed by atoms with Crippen LogP contribution in [0, 0.1) is 13.8 Å². The summed E-state index contributed by atoms with van der Waals surface area (Å²) in [5, 5.41) is 6.52. The van der Waals surface area contributed by atoms with E-state index in [1.54, 1.807) is 40.2 Å². The summed E-state index contributed by atoms with van der Waals surface area (Å²) in [5.74, 6) is 0.836. The molecule has 8 heteroatoms. The van der Waals surface area contributed by atoms with E-state index in [4.69, 9.17) is 18.7 Å². The molecule has 8 nitrogen and oxygen atoms in total. The van der Waals surface area contributed by atoms with Gasteiger partial charge in [-0.2, -0.15) is 0 Å². The number of aryl methyl sites for hydroxylation is 2. The molecule has 146 valence electrons. The monoisotopic (exact) mass is 376 g/mol. The van der Waals surface area contributed by atoms with Crippen LogP contribution in [0.4, 0.5) is 0 Å². The van der Waals surface area contributed by atoms with Crippen LogP contribution in [0.3, 0.4) is 0 Å². The van der Waals surface area contributed by atoms with Gasteiger partial charge in [0.25, 0.3) is 5.91 Å². The Morgan fingerprint density at radius 2 is 1.89 bits per heavy atom. The lowest BCUT2D eigenvalue weighted by atomic mass is 10.1. The molecule has 1 aromatic carbocycles. The summed E-state index contributed by atoms with van der Waals surface area (Å²) in [4.78, 5) is 24.2. The van der Waals surface area contributed by atoms with Gasteiger partial charge in [0.05, 0.1) is 26.3 Å². The Morgan fingerprint density at radius 3 is 2.48 bits per heavy atom. The number of amides is 1. The summed E-state index contributed by atoms with van der Waals surface area (Å²) in [6.45, 7) is 5.26. The first-order valence-electron chi connectivity index (χ1n) is 8.45. The molecular weight excluding hydrogens is 352 g/mol. The summed E-state index contributed by atoms with van der Waals surface area (Å²) in [7, 11) is 3.10. The molecule has 2 aromatic rings. The van der Waals surface area contributed by atoms with Crippen molar-refractivity contribution < 1.29 is 28.3 Å². The van der Waals surface area contributed by atoms with Crippen LogP contribution in [0.1, 0.15) is 29.5 Å². The van der Waals surface area contributed by atoms with E-state index in [9.17, 15) is 9.59 Å². The molecule has 27 heavy (non-hydrogen) atoms. The zero-order chi connectivity index (χ0) is 20.0. The molecule has 1 N–H and O–H groups in total. The predicted molar refractivity (Wildman–Crippen MR) is 96.6 cm³/mol. The summed E-state index contributed by atoms with van der Waals surface area (Å²) in [6, 6.07) is 5.34. The molecule has 0 radical (unpaired) electrons. The number of esters is 1. The van der Waals surface area contributed by atoms with Gasteiger partial charge in [-0.15, -0.1) is 0 Å². The molecule has 1 aromatic heterocycles. The number of nitrogens with zero attached hydrogens (tertiary/aromatic N) is 1. The van der Waals surface area contributed by atoms with Gasteiger partial charge in [0.1, 0.15) is 5.76 Å². The molecule has 0 saturated heterocycles. The maximum absolute atomic E-state index is 12.2. The minimum absolute atomic E-state index is 0.00840. The maximum Gasteiger partial charge on any atom is 0.311 e. The lowest BCUT2D eigenvalue weighted by Gasteiger charge is -2.14. The Kier molecular flexibility index (Phi) is 6.81. The van der Waals surface area contributed by atoms with E-state index in [0.717, 1.165) is 5.56 Å². The van der Waals surface area contributed by atoms with Gasteiger partial charge >= 0.3 is 5.97 Å². The van der Waals surface area contributed by atoms with Gasteiger partial charge in [0.2, 0.25) is 0 Å². The summed E-state index contributed by atoms with van der Waals surface area (Å²) in [5.41, 5.74) is 2.14. The molecule has 1 unspecified atom stereocenters. The first-order valence-corrected chi connectivity index (χ1v) is 8.45. The van der Waals surface area contributed by atoms with Crippen molar-refractivity contribution >= 4 is 11.9 Å². The fourth-order valence-electron chi connectivity index (χ4n) is 2.51. The topological polar surface area (TPSA) is 99.9 Å². The van der Waals surface area contributed by atoms with Gasteiger partial charge in [-0.05, 0) is 38.5 Å². The second-order valence-electron chi connectivity index (χ2n) is 6.02. The van der Waals surface area contributed by atoms with Gasteiger partial charge in [-0.1, -0.05) is 11.2 Å². The molecule has 0 aliphatic heterocycles. The van der Waals surface area contributed by atoms with E-state index >= 15 is 0 Å². The SMILES string of the molecule is COc1ccc(CNC(=O)C(C)OC(=O)Cc2c(C)noc2C)cc1OC. The third kappa shape index (κ3) is 5.22. The van der Waals surface area contributed by atoms with Gasteiger partial charge in [0.15, 0.2) is 17.6 Å². The normalized spacial score (nSPS) is 11.6. The average molecular weight is 376 g/mol. The van der Waals surface area contributed by atoms with E-state index in [1.165, 1.54) is 6.92 Å². The highest BCUT2D eigenvalue weighted by Gasteiger charge is 2.20. The number of ether oxygens (including phenoxy) is 3. The van der Waals surface area contributed by atoms with Crippen molar-refractivity contribution in [2.45, 2.75) is 39.8 Å². The molecule has 1 atom stereocenters. The predicted octanol–water partition coefficient (Wildman–Crippen LogP) is 2.10. The van der Waals surface area contributed by atoms with Gasteiger partial charge in [0, 0.05) is 12.1 Å². The number of benzene rings is 1. The fraction of sp³-hybridized carbons (Fsp3) is 0.421. The number of methoxy groups -OCH3 is 2. The van der Waals surface area contributed by atoms with Crippen LogP contribution in [0.2, 0.25) is 0 Å². The number of hydrogen-bond donors (Lipinski definition) is 1. The second-order valence-corrected chi connectivity index (χ2v) is 6.02. The highest BCUT2D eigenvalue weighted by Crippen LogP contribution is 2.27. The molecule has 2 rings (SSSR count). The molecular formula is C19H24N2O6. The molecule has 0 saturated carbocycles. The molecule has 0 bridgehead atoms. The zero-order valence-corrected chi connectivity index (χ0v) is 16.1. The van der Waals surface area contributed by atoms with Crippen molar-refractivity contribution in [2.24, 2.45) is 0 Å². The number of rotatable bonds is 8. The van der Waals surface area contributed by atoms with Crippen LogP contribution in [-0.2, 0) is 27.3 Å². The van der Waals surface area contributed by atoms with Crippen molar-refractivity contribution in [3.63, 3.8) is 0 Å². The molecule has 1 heterocycles. The van der Waals surface area contributed by atoms with Crippen LogP contribution in [0.5, 0.6) is 11.5 Å². The number of carbonyl (C=O) groups is 2. The van der Waals surface area contributed by atoms with Crippen molar-refractivity contribution in [3.8, 4) is 11.5 Å². The van der Waals surface area contributed by atoms with E-state index in [2.05, 4.69) is 10.5 Å². The van der Waals surface area contributed by atoms with E-state index in [-0.39, 0.29) is 13.0 Å². The maximum atomic E-state index is 12.2. The molecule has 1 amide bonds. The average Bonchev–Trinajstić information content (AvgIpc) is 2.97. The van der Waals surface area contributed by atoms with E-state index in [0.29, 0.717) is 28.5 Å². The number of carbonyl (C=O) groups excluding carboxylic acids is 2. The van der Waals surface area contributed by atoms with Crippen LogP contribution in [-0.4, -0.2) is 37.4 Å². The lowest BCUT2D eigenvalue weighted by molar-refractivity contribution is -0.154. The van der Waals surface area contributed by atoms with Gasteiger partial charge < -0.3 is 24.1 Å². The Bertz CT molecular complexity index is 795. The van der Waals surface area contributed by atoms with Gasteiger partial charge in [-0.25, -0.2) is 0 Å². The Hall–Kier alpha value is -3.03. The second kappa shape index (κ2) is 9.07. The molecule has 0 fully saturated rings. The highest BCUT2D eigenvalue weighted by molar-refractivity contribution is 5.84. The lowest BCUT2D eigenvalue weighted by Crippen LogP contribution is -2.35. The molecule has 0 aliphatic rings. The molecule has 0 aliphatic carbocycles. The van der Waals surface area contributed by atoms with Crippen molar-refractivity contribution in [2.75, 3.05) is 14.2 Å². The van der Waals surface area contributed by atoms with E-state index in [1.807, 2.05) is 6.07 Å². The third-order valence-electron chi connectivity index (χ3n) is 4.09. The van der Waals surface area contributed by atoms with Crippen LogP contribution < -0.4 is 14.8 Å². The standard InChI is InChI=1S/C19H24N2O6/c1-11-15(12(2)27-21-11)9-18(22)26-13(3)19(23)20-10-14-6-7-16(24-4)17(8-14)25-5/h6-8,13H,9-10H2,1-5H3,(H,20,23). The van der Waals surface area contributed by atoms with Crippen LogP contribution >= 0.6 is 0 Å². The van der Waals surface area contributed by atoms with Gasteiger partial charge in [-0.3, -0.25) is 9.59 Å². The van der Waals surface area contributed by atoms with Crippen LogP contribution in [0.15, 0.2) is 22.7 Å². The number of hydrogen-bond acceptors (Lipinski definition) is 7. The largest absolute Gasteiger partial charge is 0.493 e. The summed E-state index contributed by atoms with van der Waals surface area (Å²) >= 11 is 0. The van der Waals surface area contributed by atoms with Crippen molar-refractivity contribution in [1.29, 1.82) is 0 Å². The summed E-state index contributed by atoms with van der Waals surface area (Å²) in [6.07, 6.45) is -0.910. The smallest absolute Gasteiger partial charge is 0.311 e. The van der Waals surface area contributed by atoms with Crippen LogP contribution in [0.25, 0.3) is 0 Å². The fourth-order valence-corrected chi connectivity index (χ4v) is 2.51. The Labute approximate surface area is 157 Å². The van der Waals surface area contributed by atoms with Crippen molar-refractivity contribution in [3.05, 3.63) is 40.8 Å². The first kappa shape index (κ1) is 20.3. The van der Waals surface area contributed by atoms with Crippen molar-refractivity contribution in [1.82, 2.24) is 10.5 Å². The Morgan fingerprint density at radius 1 is 1.19 bits per heavy atom. The number of nitrogens with one attached hydrogen (secondary N) is 1. The minimum atomic E-state index is -0.918. The summed E-state index contributed by atoms with van der Waals surface area (Å²) < 4.78 is 20.6. The quantitative estimate of drug-likeness (QED) is 0.704. The third-order valence-corrected chi connectivity index (χ3v) is 4.09.